The molecular weight excluding hydrogens is 292 g/mol. The van der Waals surface area contributed by atoms with Gasteiger partial charge < -0.3 is 10.6 Å². The molecule has 1 heterocycles. The number of hydrogen-bond acceptors (Lipinski definition) is 2. The highest BCUT2D eigenvalue weighted by molar-refractivity contribution is 7.80. The van der Waals surface area contributed by atoms with Crippen molar-refractivity contribution in [3.8, 4) is 0 Å². The zero-order valence-electron chi connectivity index (χ0n) is 11.5. The molecule has 0 unspecified atom stereocenters. The first-order valence-corrected chi connectivity index (χ1v) is 6.88. The molecule has 0 saturated heterocycles. The van der Waals surface area contributed by atoms with Crippen molar-refractivity contribution in [1.29, 1.82) is 0 Å². The number of rotatable bonds is 4. The van der Waals surface area contributed by atoms with E-state index >= 15 is 0 Å². The van der Waals surface area contributed by atoms with Gasteiger partial charge in [0.2, 0.25) is 0 Å². The Bertz CT molecular complexity index is 626. The third-order valence-corrected chi connectivity index (χ3v) is 3.21. The number of nitrogens with zero attached hydrogens (tertiary/aromatic N) is 1. The highest BCUT2D eigenvalue weighted by atomic mass is 32.1. The van der Waals surface area contributed by atoms with Gasteiger partial charge in [-0.2, -0.15) is 0 Å². The Balaban J connectivity index is 1.86. The summed E-state index contributed by atoms with van der Waals surface area (Å²) >= 11 is 5.13. The third-order valence-electron chi connectivity index (χ3n) is 2.96. The van der Waals surface area contributed by atoms with Crippen molar-refractivity contribution in [3.05, 3.63) is 59.3 Å². The molecule has 0 atom stereocenters. The molecule has 2 rings (SSSR count). The number of aryl methyl sites for hydroxylation is 1. The lowest BCUT2D eigenvalue weighted by Gasteiger charge is -2.11. The number of hydrogen-bond donors (Lipinski definition) is 2. The van der Waals surface area contributed by atoms with Crippen LogP contribution in [-0.4, -0.2) is 16.6 Å². The molecule has 3 nitrogen and oxygen atoms in total. The van der Waals surface area contributed by atoms with Gasteiger partial charge in [-0.3, -0.25) is 0 Å². The molecule has 2 aromatic rings. The molecule has 6 heteroatoms. The van der Waals surface area contributed by atoms with Gasteiger partial charge in [0.25, 0.3) is 0 Å². The van der Waals surface area contributed by atoms with Crippen molar-refractivity contribution < 1.29 is 8.78 Å². The fourth-order valence-corrected chi connectivity index (χ4v) is 2.04. The molecule has 0 bridgehead atoms. The third kappa shape index (κ3) is 4.19. The molecule has 0 aliphatic rings. The average molecular weight is 307 g/mol. The Morgan fingerprint density at radius 1 is 1.19 bits per heavy atom. The van der Waals surface area contributed by atoms with E-state index in [0.29, 0.717) is 17.5 Å². The van der Waals surface area contributed by atoms with E-state index in [4.69, 9.17) is 12.2 Å². The zero-order chi connectivity index (χ0) is 15.2. The van der Waals surface area contributed by atoms with Crippen molar-refractivity contribution in [2.75, 3.05) is 11.9 Å². The topological polar surface area (TPSA) is 37.0 Å². The number of thiocarbonyl (C=S) groups is 1. The van der Waals surface area contributed by atoms with Gasteiger partial charge in [0.05, 0.1) is 0 Å². The van der Waals surface area contributed by atoms with Gasteiger partial charge >= 0.3 is 0 Å². The molecule has 0 fully saturated rings. The summed E-state index contributed by atoms with van der Waals surface area (Å²) in [5.74, 6) is -0.431. The molecule has 1 aromatic heterocycles. The molecule has 0 aliphatic heterocycles. The maximum absolute atomic E-state index is 13.4. The molecule has 0 spiro atoms. The van der Waals surface area contributed by atoms with Crippen molar-refractivity contribution in [2.45, 2.75) is 13.3 Å². The van der Waals surface area contributed by atoms with Crippen LogP contribution in [0.3, 0.4) is 0 Å². The Morgan fingerprint density at radius 3 is 2.57 bits per heavy atom. The van der Waals surface area contributed by atoms with E-state index in [1.807, 2.05) is 19.1 Å². The first kappa shape index (κ1) is 15.3. The van der Waals surface area contributed by atoms with Crippen LogP contribution in [0, 0.1) is 18.6 Å². The number of pyridine rings is 1. The fourth-order valence-electron chi connectivity index (χ4n) is 1.84. The van der Waals surface area contributed by atoms with Gasteiger partial charge in [-0.15, -0.1) is 0 Å². The second kappa shape index (κ2) is 7.08. The zero-order valence-corrected chi connectivity index (χ0v) is 12.3. The summed E-state index contributed by atoms with van der Waals surface area (Å²) in [5.41, 5.74) is 1.02. The van der Waals surface area contributed by atoms with E-state index in [-0.39, 0.29) is 12.0 Å². The van der Waals surface area contributed by atoms with Gasteiger partial charge in [0, 0.05) is 18.3 Å². The van der Waals surface area contributed by atoms with Crippen LogP contribution in [0.15, 0.2) is 36.5 Å². The number of halogens is 2. The Kier molecular flexibility index (Phi) is 5.16. The summed E-state index contributed by atoms with van der Waals surface area (Å²) in [6, 6.07) is 7.57. The fraction of sp³-hybridized carbons (Fsp3) is 0.200. The molecule has 0 aliphatic carbocycles. The van der Waals surface area contributed by atoms with E-state index in [1.54, 1.807) is 6.20 Å². The quantitative estimate of drug-likeness (QED) is 0.851. The van der Waals surface area contributed by atoms with Crippen LogP contribution in [0.4, 0.5) is 14.6 Å². The minimum Gasteiger partial charge on any atom is -0.362 e. The van der Waals surface area contributed by atoms with E-state index < -0.39 is 11.6 Å². The molecule has 21 heavy (non-hydrogen) atoms. The highest BCUT2D eigenvalue weighted by Gasteiger charge is 2.08. The second-order valence-electron chi connectivity index (χ2n) is 4.50. The van der Waals surface area contributed by atoms with Crippen molar-refractivity contribution in [1.82, 2.24) is 10.3 Å². The maximum atomic E-state index is 13.4. The van der Waals surface area contributed by atoms with Gasteiger partial charge in [-0.05, 0) is 49.3 Å². The molecule has 2 N–H and O–H groups in total. The maximum Gasteiger partial charge on any atom is 0.171 e. The van der Waals surface area contributed by atoms with Gasteiger partial charge in [-0.1, -0.05) is 12.1 Å². The summed E-state index contributed by atoms with van der Waals surface area (Å²) in [5, 5.41) is 6.22. The van der Waals surface area contributed by atoms with Crippen LogP contribution in [0.2, 0.25) is 0 Å². The number of anilines is 1. The Morgan fingerprint density at radius 2 is 1.90 bits per heavy atom. The van der Waals surface area contributed by atoms with Gasteiger partial charge in [0.15, 0.2) is 5.11 Å². The van der Waals surface area contributed by atoms with E-state index in [1.165, 1.54) is 18.2 Å². The van der Waals surface area contributed by atoms with Gasteiger partial charge in [-0.25, -0.2) is 13.8 Å². The molecule has 0 radical (unpaired) electrons. The highest BCUT2D eigenvalue weighted by Crippen LogP contribution is 2.12. The predicted molar refractivity (Wildman–Crippen MR) is 83.3 cm³/mol. The average Bonchev–Trinajstić information content (AvgIpc) is 2.45. The molecule has 110 valence electrons. The predicted octanol–water partition coefficient (Wildman–Crippen LogP) is 3.20. The minimum atomic E-state index is -0.545. The largest absolute Gasteiger partial charge is 0.362 e. The van der Waals surface area contributed by atoms with Crippen LogP contribution < -0.4 is 10.6 Å². The van der Waals surface area contributed by atoms with E-state index in [2.05, 4.69) is 15.6 Å². The summed E-state index contributed by atoms with van der Waals surface area (Å²) in [6.07, 6.45) is 1.87. The van der Waals surface area contributed by atoms with E-state index in [9.17, 15) is 8.78 Å². The summed E-state index contributed by atoms with van der Waals surface area (Å²) in [6.45, 7) is 2.24. The van der Waals surface area contributed by atoms with Crippen molar-refractivity contribution >= 4 is 23.1 Å². The van der Waals surface area contributed by atoms with Crippen LogP contribution in [0.5, 0.6) is 0 Å². The minimum absolute atomic E-state index is 0.0572. The molecule has 0 saturated carbocycles. The summed E-state index contributed by atoms with van der Waals surface area (Å²) in [7, 11) is 0. The molecule has 0 amide bonds. The second-order valence-corrected chi connectivity index (χ2v) is 4.91. The Labute approximate surface area is 127 Å². The lowest BCUT2D eigenvalue weighted by Crippen LogP contribution is -2.31. The first-order chi connectivity index (χ1) is 10.1. The first-order valence-electron chi connectivity index (χ1n) is 6.47. The van der Waals surface area contributed by atoms with Gasteiger partial charge in [0.1, 0.15) is 17.5 Å². The lowest BCUT2D eigenvalue weighted by molar-refractivity contribution is 0.553. The monoisotopic (exact) mass is 307 g/mol. The standard InChI is InChI=1S/C15H15F2N3S/c1-10-4-3-8-18-14(10)20-15(21)19-9-7-11-12(16)5-2-6-13(11)17/h2-6,8H,7,9H2,1H3,(H2,18,19,20,21). The number of benzene rings is 1. The van der Waals surface area contributed by atoms with E-state index in [0.717, 1.165) is 5.56 Å². The summed E-state index contributed by atoms with van der Waals surface area (Å²) < 4.78 is 26.9. The lowest BCUT2D eigenvalue weighted by atomic mass is 10.1. The Hall–Kier alpha value is -2.08. The van der Waals surface area contributed by atoms with Crippen LogP contribution in [0.25, 0.3) is 0 Å². The number of aromatic nitrogens is 1. The summed E-state index contributed by atoms with van der Waals surface area (Å²) in [4.78, 5) is 4.15. The van der Waals surface area contributed by atoms with Crippen LogP contribution in [-0.2, 0) is 6.42 Å². The van der Waals surface area contributed by atoms with Crippen molar-refractivity contribution in [2.24, 2.45) is 0 Å². The molecular formula is C15H15F2N3S. The molecule has 1 aromatic carbocycles. The SMILES string of the molecule is Cc1cccnc1NC(=S)NCCc1c(F)cccc1F. The van der Waals surface area contributed by atoms with Crippen LogP contribution in [0.1, 0.15) is 11.1 Å². The normalized spacial score (nSPS) is 10.2. The van der Waals surface area contributed by atoms with Crippen LogP contribution >= 0.6 is 12.2 Å². The number of nitrogens with one attached hydrogen (secondary N) is 2. The van der Waals surface area contributed by atoms with Crippen molar-refractivity contribution in [3.63, 3.8) is 0 Å². The smallest absolute Gasteiger partial charge is 0.171 e.